The molecule has 0 spiro atoms. The summed E-state index contributed by atoms with van der Waals surface area (Å²) in [6.07, 6.45) is 2.84. The lowest BCUT2D eigenvalue weighted by molar-refractivity contribution is -0.393. The summed E-state index contributed by atoms with van der Waals surface area (Å²) in [6.45, 7) is 3.98. The fourth-order valence-corrected chi connectivity index (χ4v) is 2.19. The van der Waals surface area contributed by atoms with Crippen LogP contribution in [0.15, 0.2) is 34.9 Å². The first-order valence-electron chi connectivity index (χ1n) is 6.32. The van der Waals surface area contributed by atoms with Gasteiger partial charge in [0.1, 0.15) is 5.69 Å². The molecule has 8 nitrogen and oxygen atoms in total. The summed E-state index contributed by atoms with van der Waals surface area (Å²) >= 11 is 0. The number of hydrogen-bond donors (Lipinski definition) is 1. The fraction of sp³-hybridized carbons (Fsp3) is 0.308. The first kappa shape index (κ1) is 14.6. The zero-order chi connectivity index (χ0) is 15.6. The van der Waals surface area contributed by atoms with E-state index in [2.05, 4.69) is 23.5 Å². The van der Waals surface area contributed by atoms with E-state index in [1.54, 1.807) is 0 Å². The molecule has 0 fully saturated rings. The molecule has 1 aliphatic rings. The summed E-state index contributed by atoms with van der Waals surface area (Å²) < 4.78 is 0. The van der Waals surface area contributed by atoms with Crippen LogP contribution in [0, 0.1) is 26.1 Å². The van der Waals surface area contributed by atoms with Crippen molar-refractivity contribution >= 4 is 22.8 Å². The topological polar surface area (TPSA) is 111 Å². The Morgan fingerprint density at radius 3 is 2.52 bits per heavy atom. The van der Waals surface area contributed by atoms with Crippen molar-refractivity contribution in [3.8, 4) is 0 Å². The first-order chi connectivity index (χ1) is 9.88. The van der Waals surface area contributed by atoms with Gasteiger partial charge in [0, 0.05) is 6.07 Å². The summed E-state index contributed by atoms with van der Waals surface area (Å²) in [7, 11) is 0. The third-order valence-corrected chi connectivity index (χ3v) is 3.21. The molecular weight excluding hydrogens is 276 g/mol. The van der Waals surface area contributed by atoms with Gasteiger partial charge in [0.25, 0.3) is 5.69 Å². The minimum Gasteiger partial charge on any atom is -0.271 e. The third kappa shape index (κ3) is 3.22. The van der Waals surface area contributed by atoms with Gasteiger partial charge in [-0.3, -0.25) is 25.7 Å². The average molecular weight is 290 g/mol. The molecule has 0 saturated carbocycles. The van der Waals surface area contributed by atoms with Crippen LogP contribution in [0.25, 0.3) is 0 Å². The minimum atomic E-state index is -0.672. The first-order valence-corrected chi connectivity index (χ1v) is 6.32. The molecule has 21 heavy (non-hydrogen) atoms. The van der Waals surface area contributed by atoms with Crippen molar-refractivity contribution in [2.24, 2.45) is 11.0 Å². The number of non-ortho nitro benzene ring substituents is 1. The standard InChI is InChI=1S/C13H14N4O4/c1-8-5-9(2)12(6-8)15-14-11-4-3-10(16(18)19)7-13(11)17(20)21/h3-5,7-8,14H,6H2,1-2H3/b15-12-/t8-/m0/s1. The van der Waals surface area contributed by atoms with Crippen molar-refractivity contribution in [3.63, 3.8) is 0 Å². The van der Waals surface area contributed by atoms with E-state index in [1.807, 2.05) is 6.92 Å². The van der Waals surface area contributed by atoms with E-state index in [9.17, 15) is 20.2 Å². The number of nitrogens with one attached hydrogen (secondary N) is 1. The number of allylic oxidation sites excluding steroid dienone is 2. The Balaban J connectivity index is 2.28. The molecule has 1 atom stereocenters. The second-order valence-corrected chi connectivity index (χ2v) is 4.92. The molecule has 0 saturated heterocycles. The van der Waals surface area contributed by atoms with Gasteiger partial charge in [0.15, 0.2) is 0 Å². The quantitative estimate of drug-likeness (QED) is 0.675. The highest BCUT2D eigenvalue weighted by atomic mass is 16.6. The third-order valence-electron chi connectivity index (χ3n) is 3.21. The van der Waals surface area contributed by atoms with Crippen LogP contribution in [-0.2, 0) is 0 Å². The Morgan fingerprint density at radius 1 is 1.29 bits per heavy atom. The highest BCUT2D eigenvalue weighted by Gasteiger charge is 2.20. The van der Waals surface area contributed by atoms with Gasteiger partial charge < -0.3 is 0 Å². The lowest BCUT2D eigenvalue weighted by atomic mass is 10.1. The maximum absolute atomic E-state index is 11.0. The maximum atomic E-state index is 11.0. The molecule has 1 aliphatic carbocycles. The SMILES string of the molecule is CC1=C[C@H](C)C/C1=N/Nc1ccc([N+](=O)[O-])cc1[N+](=O)[O-]. The molecule has 0 radical (unpaired) electrons. The summed E-state index contributed by atoms with van der Waals surface area (Å²) in [5.74, 6) is 0.386. The van der Waals surface area contributed by atoms with Crippen molar-refractivity contribution in [3.05, 3.63) is 50.1 Å². The van der Waals surface area contributed by atoms with Crippen LogP contribution in [0.4, 0.5) is 17.1 Å². The van der Waals surface area contributed by atoms with Crippen LogP contribution < -0.4 is 5.43 Å². The van der Waals surface area contributed by atoms with Crippen LogP contribution in [0.1, 0.15) is 20.3 Å². The van der Waals surface area contributed by atoms with E-state index in [1.165, 1.54) is 12.1 Å². The number of rotatable bonds is 4. The van der Waals surface area contributed by atoms with E-state index in [0.29, 0.717) is 5.92 Å². The van der Waals surface area contributed by atoms with Gasteiger partial charge in [-0.05, 0) is 30.9 Å². The average Bonchev–Trinajstić information content (AvgIpc) is 2.74. The monoisotopic (exact) mass is 290 g/mol. The van der Waals surface area contributed by atoms with Gasteiger partial charge in [-0.2, -0.15) is 5.10 Å². The lowest BCUT2D eigenvalue weighted by Crippen LogP contribution is -2.03. The zero-order valence-corrected chi connectivity index (χ0v) is 11.6. The van der Waals surface area contributed by atoms with Crippen molar-refractivity contribution in [1.82, 2.24) is 0 Å². The van der Waals surface area contributed by atoms with E-state index < -0.39 is 9.85 Å². The highest BCUT2D eigenvalue weighted by Crippen LogP contribution is 2.29. The fourth-order valence-electron chi connectivity index (χ4n) is 2.19. The van der Waals surface area contributed by atoms with Crippen LogP contribution >= 0.6 is 0 Å². The van der Waals surface area contributed by atoms with E-state index in [-0.39, 0.29) is 17.1 Å². The molecule has 0 aromatic heterocycles. The second-order valence-electron chi connectivity index (χ2n) is 4.92. The summed E-state index contributed by atoms with van der Waals surface area (Å²) in [6, 6.07) is 3.41. The zero-order valence-electron chi connectivity index (χ0n) is 11.6. The number of nitro benzene ring substituents is 2. The lowest BCUT2D eigenvalue weighted by Gasteiger charge is -2.04. The molecule has 1 N–H and O–H groups in total. The Bertz CT molecular complexity index is 666. The maximum Gasteiger partial charge on any atom is 0.301 e. The number of anilines is 1. The second kappa shape index (κ2) is 5.70. The normalized spacial score (nSPS) is 19.4. The van der Waals surface area contributed by atoms with Crippen LogP contribution in [-0.4, -0.2) is 15.6 Å². The van der Waals surface area contributed by atoms with Gasteiger partial charge in [-0.1, -0.05) is 13.0 Å². The predicted octanol–water partition coefficient (Wildman–Crippen LogP) is 3.26. The van der Waals surface area contributed by atoms with E-state index in [0.717, 1.165) is 23.8 Å². The van der Waals surface area contributed by atoms with Crippen molar-refractivity contribution in [2.75, 3.05) is 5.43 Å². The smallest absolute Gasteiger partial charge is 0.271 e. The number of nitrogens with zero attached hydrogens (tertiary/aromatic N) is 3. The van der Waals surface area contributed by atoms with Crippen molar-refractivity contribution < 1.29 is 9.85 Å². The van der Waals surface area contributed by atoms with Gasteiger partial charge in [0.05, 0.1) is 21.6 Å². The van der Waals surface area contributed by atoms with Gasteiger partial charge in [-0.15, -0.1) is 0 Å². The Kier molecular flexibility index (Phi) is 3.97. The molecule has 0 unspecified atom stereocenters. The Morgan fingerprint density at radius 2 is 2.00 bits per heavy atom. The highest BCUT2D eigenvalue weighted by molar-refractivity contribution is 6.02. The largest absolute Gasteiger partial charge is 0.301 e. The van der Waals surface area contributed by atoms with Crippen molar-refractivity contribution in [2.45, 2.75) is 20.3 Å². The van der Waals surface area contributed by atoms with Crippen LogP contribution in [0.3, 0.4) is 0 Å². The number of nitro groups is 2. The Labute approximate surface area is 120 Å². The molecule has 1 aromatic carbocycles. The molecule has 0 aliphatic heterocycles. The number of hydrogen-bond acceptors (Lipinski definition) is 6. The number of hydrazone groups is 1. The molecule has 2 rings (SSSR count). The van der Waals surface area contributed by atoms with Gasteiger partial charge in [0.2, 0.25) is 0 Å². The van der Waals surface area contributed by atoms with Crippen molar-refractivity contribution in [1.29, 1.82) is 0 Å². The van der Waals surface area contributed by atoms with E-state index >= 15 is 0 Å². The molecule has 1 aromatic rings. The number of benzene rings is 1. The summed E-state index contributed by atoms with van der Waals surface area (Å²) in [4.78, 5) is 20.3. The Hall–Kier alpha value is -2.77. The summed E-state index contributed by atoms with van der Waals surface area (Å²) in [5.41, 5.74) is 3.92. The van der Waals surface area contributed by atoms with Gasteiger partial charge >= 0.3 is 5.69 Å². The molecule has 0 heterocycles. The predicted molar refractivity (Wildman–Crippen MR) is 78.3 cm³/mol. The molecule has 0 amide bonds. The molecule has 110 valence electrons. The molecule has 0 bridgehead atoms. The minimum absolute atomic E-state index is 0.130. The molecule has 8 heteroatoms. The summed E-state index contributed by atoms with van der Waals surface area (Å²) in [5, 5.41) is 25.8. The van der Waals surface area contributed by atoms with Gasteiger partial charge in [-0.25, -0.2) is 0 Å². The van der Waals surface area contributed by atoms with Crippen LogP contribution in [0.2, 0.25) is 0 Å². The molecular formula is C13H14N4O4. The van der Waals surface area contributed by atoms with Crippen LogP contribution in [0.5, 0.6) is 0 Å². The van der Waals surface area contributed by atoms with E-state index in [4.69, 9.17) is 0 Å².